The van der Waals surface area contributed by atoms with Crippen LogP contribution >= 0.6 is 0 Å². The first-order chi connectivity index (χ1) is 14.8. The number of primary amides is 1. The lowest BCUT2D eigenvalue weighted by Gasteiger charge is -2.35. The zero-order valence-electron chi connectivity index (χ0n) is 16.5. The molecular formula is C21H20F3N5O2. The van der Waals surface area contributed by atoms with Crippen molar-refractivity contribution in [2.24, 2.45) is 5.73 Å². The van der Waals surface area contributed by atoms with E-state index in [1.807, 2.05) is 12.1 Å². The number of hydrogen-bond donors (Lipinski definition) is 1. The summed E-state index contributed by atoms with van der Waals surface area (Å²) in [5, 5.41) is 3.83. The van der Waals surface area contributed by atoms with Crippen LogP contribution in [0, 0.1) is 0 Å². The molecule has 0 bridgehead atoms. The van der Waals surface area contributed by atoms with Crippen LogP contribution in [0.25, 0.3) is 11.4 Å². The number of hydrogen-bond acceptors (Lipinski definition) is 6. The van der Waals surface area contributed by atoms with Gasteiger partial charge < -0.3 is 15.2 Å². The number of amides is 1. The molecule has 1 amide bonds. The molecule has 0 spiro atoms. The van der Waals surface area contributed by atoms with Crippen molar-refractivity contribution < 1.29 is 22.5 Å². The second-order valence-corrected chi connectivity index (χ2v) is 7.26. The molecule has 4 rings (SSSR count). The Morgan fingerprint density at radius 3 is 2.42 bits per heavy atom. The molecule has 0 aliphatic carbocycles. The number of carbonyl (C=O) groups is 1. The molecule has 0 saturated carbocycles. The second-order valence-electron chi connectivity index (χ2n) is 7.26. The van der Waals surface area contributed by atoms with Crippen molar-refractivity contribution in [1.29, 1.82) is 0 Å². The van der Waals surface area contributed by atoms with Crippen molar-refractivity contribution in [3.8, 4) is 11.4 Å². The lowest BCUT2D eigenvalue weighted by Crippen LogP contribution is -2.46. The highest BCUT2D eigenvalue weighted by Gasteiger charge is 2.31. The number of halogens is 3. The maximum absolute atomic E-state index is 12.9. The highest BCUT2D eigenvalue weighted by Crippen LogP contribution is 2.31. The summed E-state index contributed by atoms with van der Waals surface area (Å²) in [6.45, 7) is 3.45. The van der Waals surface area contributed by atoms with Gasteiger partial charge in [0.2, 0.25) is 17.6 Å². The van der Waals surface area contributed by atoms with E-state index in [9.17, 15) is 18.0 Å². The number of nitrogens with two attached hydrogens (primary N) is 1. The summed E-state index contributed by atoms with van der Waals surface area (Å²) >= 11 is 0. The van der Waals surface area contributed by atoms with Crippen LogP contribution < -0.4 is 10.6 Å². The SMILES string of the molecule is NC(=O)c1ccc(N2CCN(Cc3nc(-c4cccc(C(F)(F)F)c4)no3)CC2)cc1. The highest BCUT2D eigenvalue weighted by molar-refractivity contribution is 5.93. The number of rotatable bonds is 5. The Balaban J connectivity index is 1.35. The van der Waals surface area contributed by atoms with E-state index in [0.717, 1.165) is 44.0 Å². The van der Waals surface area contributed by atoms with Crippen LogP contribution in [0.3, 0.4) is 0 Å². The number of benzene rings is 2. The van der Waals surface area contributed by atoms with Crippen molar-refractivity contribution in [3.63, 3.8) is 0 Å². The molecule has 10 heteroatoms. The molecule has 2 heterocycles. The Kier molecular flexibility index (Phi) is 5.64. The van der Waals surface area contributed by atoms with Gasteiger partial charge in [-0.1, -0.05) is 17.3 Å². The molecule has 162 valence electrons. The molecule has 0 atom stereocenters. The average molecular weight is 431 g/mol. The van der Waals surface area contributed by atoms with E-state index < -0.39 is 17.6 Å². The van der Waals surface area contributed by atoms with Gasteiger partial charge in [-0.2, -0.15) is 18.2 Å². The van der Waals surface area contributed by atoms with Crippen molar-refractivity contribution in [2.45, 2.75) is 12.7 Å². The second kappa shape index (κ2) is 8.38. The Labute approximate surface area is 176 Å². The molecule has 0 unspecified atom stereocenters. The molecule has 1 saturated heterocycles. The Hall–Kier alpha value is -3.40. The molecule has 2 aromatic carbocycles. The van der Waals surface area contributed by atoms with Crippen molar-refractivity contribution in [3.05, 3.63) is 65.5 Å². The molecule has 1 fully saturated rings. The minimum atomic E-state index is -4.43. The quantitative estimate of drug-likeness (QED) is 0.668. The molecule has 1 aliphatic rings. The minimum Gasteiger partial charge on any atom is -0.369 e. The fourth-order valence-corrected chi connectivity index (χ4v) is 3.46. The molecule has 1 aliphatic heterocycles. The maximum Gasteiger partial charge on any atom is 0.416 e. The standard InChI is InChI=1S/C21H20F3N5O2/c22-21(23,24)16-3-1-2-15(12-16)20-26-18(31-27-20)13-28-8-10-29(11-9-28)17-6-4-14(5-7-17)19(25)30/h1-7,12H,8-11,13H2,(H2,25,30). The van der Waals surface area contributed by atoms with Crippen LogP contribution in [0.5, 0.6) is 0 Å². The third kappa shape index (κ3) is 4.85. The van der Waals surface area contributed by atoms with E-state index in [-0.39, 0.29) is 11.4 Å². The van der Waals surface area contributed by atoms with E-state index in [4.69, 9.17) is 10.3 Å². The third-order valence-corrected chi connectivity index (χ3v) is 5.16. The van der Waals surface area contributed by atoms with Gasteiger partial charge in [0, 0.05) is 43.0 Å². The van der Waals surface area contributed by atoms with Gasteiger partial charge in [0.05, 0.1) is 12.1 Å². The van der Waals surface area contributed by atoms with Gasteiger partial charge in [-0.05, 0) is 36.4 Å². The Morgan fingerprint density at radius 1 is 1.06 bits per heavy atom. The van der Waals surface area contributed by atoms with Crippen molar-refractivity contribution in [1.82, 2.24) is 15.0 Å². The molecule has 3 aromatic rings. The first-order valence-corrected chi connectivity index (χ1v) is 9.67. The molecule has 1 aromatic heterocycles. The first-order valence-electron chi connectivity index (χ1n) is 9.67. The minimum absolute atomic E-state index is 0.134. The Bertz CT molecular complexity index is 1060. The maximum atomic E-state index is 12.9. The zero-order chi connectivity index (χ0) is 22.0. The summed E-state index contributed by atoms with van der Waals surface area (Å²) < 4.78 is 44.0. The summed E-state index contributed by atoms with van der Waals surface area (Å²) in [5.41, 5.74) is 6.25. The van der Waals surface area contributed by atoms with Crippen LogP contribution in [0.15, 0.2) is 53.1 Å². The van der Waals surface area contributed by atoms with Gasteiger partial charge in [0.15, 0.2) is 0 Å². The summed E-state index contributed by atoms with van der Waals surface area (Å²) in [4.78, 5) is 19.8. The van der Waals surface area contributed by atoms with Crippen LogP contribution in [0.4, 0.5) is 18.9 Å². The number of carbonyl (C=O) groups excluding carboxylic acids is 1. The third-order valence-electron chi connectivity index (χ3n) is 5.16. The molecular weight excluding hydrogens is 411 g/mol. The largest absolute Gasteiger partial charge is 0.416 e. The van der Waals surface area contributed by atoms with Gasteiger partial charge in [-0.25, -0.2) is 0 Å². The zero-order valence-corrected chi connectivity index (χ0v) is 16.5. The van der Waals surface area contributed by atoms with Gasteiger partial charge in [-0.3, -0.25) is 9.69 Å². The predicted molar refractivity (Wildman–Crippen MR) is 107 cm³/mol. The van der Waals surface area contributed by atoms with Gasteiger partial charge in [0.25, 0.3) is 0 Å². The number of alkyl halides is 3. The lowest BCUT2D eigenvalue weighted by atomic mass is 10.1. The average Bonchev–Trinajstić information content (AvgIpc) is 3.22. The van der Waals surface area contributed by atoms with Crippen LogP contribution in [-0.2, 0) is 12.7 Å². The molecule has 7 nitrogen and oxygen atoms in total. The van der Waals surface area contributed by atoms with E-state index in [1.54, 1.807) is 12.1 Å². The van der Waals surface area contributed by atoms with Gasteiger partial charge in [-0.15, -0.1) is 0 Å². The fraction of sp³-hybridized carbons (Fsp3) is 0.286. The van der Waals surface area contributed by atoms with E-state index in [0.29, 0.717) is 18.0 Å². The summed E-state index contributed by atoms with van der Waals surface area (Å²) in [7, 11) is 0. The lowest BCUT2D eigenvalue weighted by molar-refractivity contribution is -0.137. The normalized spacial score (nSPS) is 15.3. The van der Waals surface area contributed by atoms with Crippen molar-refractivity contribution in [2.75, 3.05) is 31.1 Å². The number of anilines is 1. The van der Waals surface area contributed by atoms with Gasteiger partial charge in [0.1, 0.15) is 0 Å². The monoisotopic (exact) mass is 431 g/mol. The predicted octanol–water partition coefficient (Wildman–Crippen LogP) is 3.18. The molecule has 0 radical (unpaired) electrons. The molecule has 2 N–H and O–H groups in total. The molecule has 31 heavy (non-hydrogen) atoms. The van der Waals surface area contributed by atoms with E-state index in [1.165, 1.54) is 12.1 Å². The highest BCUT2D eigenvalue weighted by atomic mass is 19.4. The number of piperazine rings is 1. The smallest absolute Gasteiger partial charge is 0.369 e. The van der Waals surface area contributed by atoms with Crippen LogP contribution in [0.2, 0.25) is 0 Å². The van der Waals surface area contributed by atoms with E-state index >= 15 is 0 Å². The number of aromatic nitrogens is 2. The topological polar surface area (TPSA) is 88.5 Å². The fourth-order valence-electron chi connectivity index (χ4n) is 3.46. The van der Waals surface area contributed by atoms with Crippen LogP contribution in [-0.4, -0.2) is 47.1 Å². The van der Waals surface area contributed by atoms with Crippen LogP contribution in [0.1, 0.15) is 21.8 Å². The van der Waals surface area contributed by atoms with Gasteiger partial charge >= 0.3 is 6.18 Å². The summed E-state index contributed by atoms with van der Waals surface area (Å²) in [6.07, 6.45) is -4.43. The number of nitrogens with zero attached hydrogens (tertiary/aromatic N) is 4. The summed E-state index contributed by atoms with van der Waals surface area (Å²) in [6, 6.07) is 12.0. The summed E-state index contributed by atoms with van der Waals surface area (Å²) in [5.74, 6) is 0.0291. The van der Waals surface area contributed by atoms with Crippen molar-refractivity contribution >= 4 is 11.6 Å². The Morgan fingerprint density at radius 2 is 1.77 bits per heavy atom. The first kappa shape index (κ1) is 20.9. The van der Waals surface area contributed by atoms with E-state index in [2.05, 4.69) is 19.9 Å².